The minimum atomic E-state index is 0.231. The fourth-order valence-corrected chi connectivity index (χ4v) is 1.94. The predicted molar refractivity (Wildman–Crippen MR) is 57.5 cm³/mol. The van der Waals surface area contributed by atoms with E-state index in [0.717, 1.165) is 18.7 Å². The van der Waals surface area contributed by atoms with Gasteiger partial charge in [0.25, 0.3) is 0 Å². The Morgan fingerprint density at radius 1 is 1.50 bits per heavy atom. The highest BCUT2D eigenvalue weighted by Crippen LogP contribution is 2.29. The van der Waals surface area contributed by atoms with Crippen molar-refractivity contribution in [2.75, 3.05) is 11.4 Å². The Bertz CT molecular complexity index is 371. The molecule has 0 aliphatic carbocycles. The van der Waals surface area contributed by atoms with Crippen molar-refractivity contribution in [3.8, 4) is 0 Å². The van der Waals surface area contributed by atoms with Gasteiger partial charge in [0.2, 0.25) is 5.91 Å². The molecule has 2 rings (SSSR count). The Morgan fingerprint density at radius 3 is 3.00 bits per heavy atom. The maximum Gasteiger partial charge on any atom is 0.226 e. The van der Waals surface area contributed by atoms with Crippen molar-refractivity contribution >= 4 is 11.6 Å². The van der Waals surface area contributed by atoms with Crippen molar-refractivity contribution in [1.82, 2.24) is 0 Å². The average molecular weight is 189 g/mol. The van der Waals surface area contributed by atoms with Gasteiger partial charge in [0, 0.05) is 18.7 Å². The molecule has 2 nitrogen and oxygen atoms in total. The van der Waals surface area contributed by atoms with Crippen LogP contribution in [-0.4, -0.2) is 12.5 Å². The number of amides is 1. The van der Waals surface area contributed by atoms with E-state index in [1.807, 2.05) is 11.8 Å². The zero-order chi connectivity index (χ0) is 10.1. The molecule has 0 fully saturated rings. The molecule has 74 valence electrons. The molecule has 1 aromatic rings. The number of benzene rings is 1. The monoisotopic (exact) mass is 189 g/mol. The number of nitrogens with zero attached hydrogens (tertiary/aromatic N) is 1. The lowest BCUT2D eigenvalue weighted by atomic mass is 10.1. The Balaban J connectivity index is 2.38. The molecule has 0 N–H and O–H groups in total. The van der Waals surface area contributed by atoms with Gasteiger partial charge in [-0.2, -0.15) is 0 Å². The van der Waals surface area contributed by atoms with Crippen LogP contribution >= 0.6 is 0 Å². The van der Waals surface area contributed by atoms with E-state index < -0.39 is 0 Å². The summed E-state index contributed by atoms with van der Waals surface area (Å²) in [6, 6.07) is 6.35. The molecule has 1 aromatic carbocycles. The summed E-state index contributed by atoms with van der Waals surface area (Å²) in [4.78, 5) is 13.5. The molecule has 2 heteroatoms. The van der Waals surface area contributed by atoms with Gasteiger partial charge in [-0.1, -0.05) is 19.1 Å². The minimum absolute atomic E-state index is 0.231. The first-order valence-electron chi connectivity index (χ1n) is 5.12. The van der Waals surface area contributed by atoms with Crippen molar-refractivity contribution in [3.63, 3.8) is 0 Å². The van der Waals surface area contributed by atoms with Gasteiger partial charge in [0.15, 0.2) is 0 Å². The third kappa shape index (κ3) is 1.41. The standard InChI is InChI=1S/C12H15NO/c1-3-12(14)13-7-6-10-5-4-9(2)8-11(10)13/h4-5,8H,3,6-7H2,1-2H3. The molecule has 0 bridgehead atoms. The number of anilines is 1. The molecule has 0 atom stereocenters. The first-order chi connectivity index (χ1) is 6.72. The van der Waals surface area contributed by atoms with Crippen molar-refractivity contribution in [2.24, 2.45) is 0 Å². The Kier molecular flexibility index (Phi) is 2.28. The van der Waals surface area contributed by atoms with Crippen LogP contribution in [0.3, 0.4) is 0 Å². The van der Waals surface area contributed by atoms with E-state index in [2.05, 4.69) is 25.1 Å². The second kappa shape index (κ2) is 3.45. The number of rotatable bonds is 1. The fourth-order valence-electron chi connectivity index (χ4n) is 1.94. The van der Waals surface area contributed by atoms with Crippen LogP contribution in [0, 0.1) is 6.92 Å². The lowest BCUT2D eigenvalue weighted by molar-refractivity contribution is -0.118. The number of hydrogen-bond acceptors (Lipinski definition) is 1. The van der Waals surface area contributed by atoms with Crippen LogP contribution in [0.15, 0.2) is 18.2 Å². The van der Waals surface area contributed by atoms with Crippen LogP contribution in [0.25, 0.3) is 0 Å². The summed E-state index contributed by atoms with van der Waals surface area (Å²) in [5.74, 6) is 0.231. The van der Waals surface area contributed by atoms with Crippen molar-refractivity contribution in [1.29, 1.82) is 0 Å². The molecular formula is C12H15NO. The highest BCUT2D eigenvalue weighted by atomic mass is 16.2. The first-order valence-corrected chi connectivity index (χ1v) is 5.12. The maximum atomic E-state index is 11.6. The molecule has 1 aliphatic heterocycles. The van der Waals surface area contributed by atoms with E-state index in [0.29, 0.717) is 6.42 Å². The number of carbonyl (C=O) groups is 1. The third-order valence-electron chi connectivity index (χ3n) is 2.74. The van der Waals surface area contributed by atoms with E-state index >= 15 is 0 Å². The van der Waals surface area contributed by atoms with Crippen LogP contribution in [0.2, 0.25) is 0 Å². The number of aryl methyl sites for hydroxylation is 1. The SMILES string of the molecule is CCC(=O)N1CCc2ccc(C)cc21. The Labute approximate surface area is 84.5 Å². The number of hydrogen-bond donors (Lipinski definition) is 0. The summed E-state index contributed by atoms with van der Waals surface area (Å²) < 4.78 is 0. The van der Waals surface area contributed by atoms with Crippen molar-refractivity contribution < 1.29 is 4.79 Å². The van der Waals surface area contributed by atoms with Crippen molar-refractivity contribution in [3.05, 3.63) is 29.3 Å². The Morgan fingerprint density at radius 2 is 2.29 bits per heavy atom. The highest BCUT2D eigenvalue weighted by Gasteiger charge is 2.22. The van der Waals surface area contributed by atoms with Gasteiger partial charge in [0.05, 0.1) is 0 Å². The van der Waals surface area contributed by atoms with Gasteiger partial charge in [-0.05, 0) is 30.5 Å². The molecule has 1 aliphatic rings. The molecule has 0 radical (unpaired) electrons. The van der Waals surface area contributed by atoms with Crippen LogP contribution in [0.1, 0.15) is 24.5 Å². The van der Waals surface area contributed by atoms with Gasteiger partial charge >= 0.3 is 0 Å². The smallest absolute Gasteiger partial charge is 0.226 e. The summed E-state index contributed by atoms with van der Waals surface area (Å²) in [7, 11) is 0. The van der Waals surface area contributed by atoms with Gasteiger partial charge in [-0.3, -0.25) is 4.79 Å². The third-order valence-corrected chi connectivity index (χ3v) is 2.74. The molecular weight excluding hydrogens is 174 g/mol. The minimum Gasteiger partial charge on any atom is -0.312 e. The van der Waals surface area contributed by atoms with Crippen LogP contribution in [0.4, 0.5) is 5.69 Å². The normalized spacial score (nSPS) is 14.3. The zero-order valence-electron chi connectivity index (χ0n) is 8.71. The highest BCUT2D eigenvalue weighted by molar-refractivity contribution is 5.95. The number of fused-ring (bicyclic) bond motifs is 1. The second-order valence-corrected chi connectivity index (χ2v) is 3.78. The Hall–Kier alpha value is -1.31. The van der Waals surface area contributed by atoms with Gasteiger partial charge in [-0.15, -0.1) is 0 Å². The maximum absolute atomic E-state index is 11.6. The van der Waals surface area contributed by atoms with Crippen molar-refractivity contribution in [2.45, 2.75) is 26.7 Å². The second-order valence-electron chi connectivity index (χ2n) is 3.78. The molecule has 1 heterocycles. The van der Waals surface area contributed by atoms with E-state index in [4.69, 9.17) is 0 Å². The first kappa shape index (κ1) is 9.25. The predicted octanol–water partition coefficient (Wildman–Crippen LogP) is 2.29. The zero-order valence-corrected chi connectivity index (χ0v) is 8.71. The van der Waals surface area contributed by atoms with E-state index in [9.17, 15) is 4.79 Å². The van der Waals surface area contributed by atoms with E-state index in [1.54, 1.807) is 0 Å². The molecule has 0 unspecified atom stereocenters. The quantitative estimate of drug-likeness (QED) is 0.663. The lowest BCUT2D eigenvalue weighted by Gasteiger charge is -2.16. The molecule has 0 spiro atoms. The summed E-state index contributed by atoms with van der Waals surface area (Å²) in [6.07, 6.45) is 1.59. The number of carbonyl (C=O) groups excluding carboxylic acids is 1. The van der Waals surface area contributed by atoms with Gasteiger partial charge in [0.1, 0.15) is 0 Å². The van der Waals surface area contributed by atoms with Gasteiger partial charge in [-0.25, -0.2) is 0 Å². The fraction of sp³-hybridized carbons (Fsp3) is 0.417. The average Bonchev–Trinajstić information content (AvgIpc) is 2.59. The van der Waals surface area contributed by atoms with E-state index in [-0.39, 0.29) is 5.91 Å². The van der Waals surface area contributed by atoms with Crippen LogP contribution in [0.5, 0.6) is 0 Å². The largest absolute Gasteiger partial charge is 0.312 e. The summed E-state index contributed by atoms with van der Waals surface area (Å²) in [6.45, 7) is 4.83. The van der Waals surface area contributed by atoms with Crippen LogP contribution < -0.4 is 4.90 Å². The van der Waals surface area contributed by atoms with Crippen LogP contribution in [-0.2, 0) is 11.2 Å². The van der Waals surface area contributed by atoms with Gasteiger partial charge < -0.3 is 4.90 Å². The van der Waals surface area contributed by atoms with E-state index in [1.165, 1.54) is 11.1 Å². The molecule has 14 heavy (non-hydrogen) atoms. The lowest BCUT2D eigenvalue weighted by Crippen LogP contribution is -2.27. The summed E-state index contributed by atoms with van der Waals surface area (Å²) >= 11 is 0. The molecule has 0 aromatic heterocycles. The molecule has 0 saturated carbocycles. The molecule has 0 saturated heterocycles. The summed E-state index contributed by atoms with van der Waals surface area (Å²) in [5.41, 5.74) is 3.65. The summed E-state index contributed by atoms with van der Waals surface area (Å²) in [5, 5.41) is 0. The topological polar surface area (TPSA) is 20.3 Å². The molecule has 1 amide bonds.